The van der Waals surface area contributed by atoms with Gasteiger partial charge in [0.15, 0.2) is 6.10 Å². The Kier molecular flexibility index (Phi) is 48.3. The Hall–Kier alpha value is -2.37. The summed E-state index contributed by atoms with van der Waals surface area (Å²) < 4.78 is 16.8. The van der Waals surface area contributed by atoms with Gasteiger partial charge in [0.1, 0.15) is 13.2 Å². The average molecular weight is 857 g/mol. The molecule has 1 atom stereocenters. The summed E-state index contributed by atoms with van der Waals surface area (Å²) in [6.45, 7) is 6.58. The van der Waals surface area contributed by atoms with Gasteiger partial charge in [-0.05, 0) is 64.2 Å². The molecule has 61 heavy (non-hydrogen) atoms. The molecule has 0 aliphatic heterocycles. The van der Waals surface area contributed by atoms with Crippen LogP contribution in [-0.2, 0) is 28.6 Å². The summed E-state index contributed by atoms with van der Waals surface area (Å²) >= 11 is 0. The van der Waals surface area contributed by atoms with Gasteiger partial charge in [-0.3, -0.25) is 14.4 Å². The van der Waals surface area contributed by atoms with Crippen LogP contribution in [0.15, 0.2) is 36.5 Å². The third kappa shape index (κ3) is 48.5. The first kappa shape index (κ1) is 58.6. The Morgan fingerprint density at radius 2 is 0.607 bits per heavy atom. The van der Waals surface area contributed by atoms with E-state index in [4.69, 9.17) is 14.2 Å². The quantitative estimate of drug-likeness (QED) is 0.0199. The monoisotopic (exact) mass is 857 g/mol. The topological polar surface area (TPSA) is 78.9 Å². The fourth-order valence-corrected chi connectivity index (χ4v) is 7.59. The lowest BCUT2D eigenvalue weighted by Gasteiger charge is -2.18. The molecule has 356 valence electrons. The van der Waals surface area contributed by atoms with Crippen molar-refractivity contribution in [1.82, 2.24) is 0 Å². The molecule has 0 aromatic heterocycles. The van der Waals surface area contributed by atoms with E-state index in [2.05, 4.69) is 57.2 Å². The van der Waals surface area contributed by atoms with Gasteiger partial charge < -0.3 is 14.2 Å². The third-order valence-corrected chi connectivity index (χ3v) is 11.6. The minimum atomic E-state index is -0.782. The van der Waals surface area contributed by atoms with E-state index in [-0.39, 0.29) is 31.1 Å². The van der Waals surface area contributed by atoms with Crippen molar-refractivity contribution in [3.05, 3.63) is 36.5 Å². The van der Waals surface area contributed by atoms with Crippen LogP contribution in [-0.4, -0.2) is 37.2 Å². The van der Waals surface area contributed by atoms with Crippen LogP contribution in [0, 0.1) is 0 Å². The van der Waals surface area contributed by atoms with Gasteiger partial charge in [0, 0.05) is 19.3 Å². The molecule has 0 fully saturated rings. The molecule has 0 radical (unpaired) electrons. The van der Waals surface area contributed by atoms with E-state index in [1.165, 1.54) is 161 Å². The third-order valence-electron chi connectivity index (χ3n) is 11.6. The molecule has 0 aliphatic carbocycles. The second kappa shape index (κ2) is 50.3. The van der Waals surface area contributed by atoms with Crippen molar-refractivity contribution in [3.63, 3.8) is 0 Å². The molecular formula is C55H100O6. The fraction of sp³-hybridized carbons (Fsp3) is 0.836. The van der Waals surface area contributed by atoms with Crippen LogP contribution in [0.5, 0.6) is 0 Å². The molecule has 6 heteroatoms. The highest BCUT2D eigenvalue weighted by Gasteiger charge is 2.19. The SMILES string of the molecule is CCCC/C=C\C=C/CCCCCC(=O)OCC(COC(=O)CCCCCCC/C=C\CCCCCCCCC)OC(=O)CCCCCCCCCCCCCCCCCC. The zero-order valence-electron chi connectivity index (χ0n) is 40.7. The van der Waals surface area contributed by atoms with Crippen LogP contribution in [0.2, 0.25) is 0 Å². The molecule has 0 spiro atoms. The Morgan fingerprint density at radius 1 is 0.328 bits per heavy atom. The summed E-state index contributed by atoms with van der Waals surface area (Å²) in [5.74, 6) is -0.907. The van der Waals surface area contributed by atoms with E-state index in [1.54, 1.807) is 0 Å². The molecule has 6 nitrogen and oxygen atoms in total. The van der Waals surface area contributed by atoms with E-state index in [1.807, 2.05) is 0 Å². The van der Waals surface area contributed by atoms with Crippen LogP contribution in [0.1, 0.15) is 278 Å². The first-order valence-corrected chi connectivity index (χ1v) is 26.5. The fourth-order valence-electron chi connectivity index (χ4n) is 7.59. The van der Waals surface area contributed by atoms with Gasteiger partial charge in [0.2, 0.25) is 0 Å². The van der Waals surface area contributed by atoms with Crippen LogP contribution < -0.4 is 0 Å². The normalized spacial score (nSPS) is 12.2. The van der Waals surface area contributed by atoms with Gasteiger partial charge in [-0.25, -0.2) is 0 Å². The summed E-state index contributed by atoms with van der Waals surface area (Å²) in [4.78, 5) is 37.9. The highest BCUT2D eigenvalue weighted by molar-refractivity contribution is 5.71. The molecule has 0 bridgehead atoms. The zero-order chi connectivity index (χ0) is 44.4. The average Bonchev–Trinajstić information content (AvgIpc) is 3.26. The molecule has 0 rings (SSSR count). The summed E-state index contributed by atoms with van der Waals surface area (Å²) in [5.41, 5.74) is 0. The van der Waals surface area contributed by atoms with Gasteiger partial charge in [0.25, 0.3) is 0 Å². The van der Waals surface area contributed by atoms with E-state index in [9.17, 15) is 14.4 Å². The largest absolute Gasteiger partial charge is 0.462 e. The van der Waals surface area contributed by atoms with E-state index < -0.39 is 6.10 Å². The Balaban J connectivity index is 4.36. The summed E-state index contributed by atoms with van der Waals surface area (Å²) in [6, 6.07) is 0. The number of carbonyl (C=O) groups is 3. The maximum absolute atomic E-state index is 12.8. The molecular weight excluding hydrogens is 757 g/mol. The van der Waals surface area contributed by atoms with E-state index in [0.717, 1.165) is 77.0 Å². The number of hydrogen-bond donors (Lipinski definition) is 0. The zero-order valence-corrected chi connectivity index (χ0v) is 40.7. The van der Waals surface area contributed by atoms with Crippen LogP contribution in [0.4, 0.5) is 0 Å². The van der Waals surface area contributed by atoms with Gasteiger partial charge in [-0.2, -0.15) is 0 Å². The smallest absolute Gasteiger partial charge is 0.306 e. The molecule has 0 saturated heterocycles. The molecule has 1 unspecified atom stereocenters. The highest BCUT2D eigenvalue weighted by Crippen LogP contribution is 2.16. The molecule has 0 N–H and O–H groups in total. The first-order chi connectivity index (χ1) is 30.0. The molecule has 0 aliphatic rings. The second-order valence-electron chi connectivity index (χ2n) is 17.8. The number of hydrogen-bond acceptors (Lipinski definition) is 6. The molecule has 0 amide bonds. The molecule has 0 heterocycles. The Labute approximate surface area is 378 Å². The maximum atomic E-state index is 12.8. The van der Waals surface area contributed by atoms with Crippen molar-refractivity contribution in [2.75, 3.05) is 13.2 Å². The number of ether oxygens (including phenoxy) is 3. The van der Waals surface area contributed by atoms with Crippen molar-refractivity contribution in [2.24, 2.45) is 0 Å². The standard InChI is InChI=1S/C55H100O6/c1-4-7-10-13-16-19-22-24-26-28-30-33-36-39-42-45-48-54(57)60-51-52(50-59-53(56)47-44-41-38-35-32-21-18-15-12-9-6-3)61-55(58)49-46-43-40-37-34-31-29-27-25-23-20-17-14-11-8-5-2/h15,18,21,26,28,32,52H,4-14,16-17,19-20,22-25,27,29-31,33-51H2,1-3H3/b18-15-,28-26-,32-21-. The van der Waals surface area contributed by atoms with Crippen molar-refractivity contribution in [1.29, 1.82) is 0 Å². The number of allylic oxidation sites excluding steroid dienone is 6. The van der Waals surface area contributed by atoms with E-state index >= 15 is 0 Å². The number of rotatable bonds is 48. The van der Waals surface area contributed by atoms with Gasteiger partial charge >= 0.3 is 17.9 Å². The Morgan fingerprint density at radius 3 is 0.984 bits per heavy atom. The number of esters is 3. The second-order valence-corrected chi connectivity index (χ2v) is 17.8. The first-order valence-electron chi connectivity index (χ1n) is 26.5. The summed E-state index contributed by atoms with van der Waals surface area (Å²) in [6.07, 6.45) is 58.4. The van der Waals surface area contributed by atoms with Crippen molar-refractivity contribution in [2.45, 2.75) is 284 Å². The van der Waals surface area contributed by atoms with Crippen molar-refractivity contribution >= 4 is 17.9 Å². The predicted molar refractivity (Wildman–Crippen MR) is 261 cm³/mol. The summed E-state index contributed by atoms with van der Waals surface area (Å²) in [5, 5.41) is 0. The maximum Gasteiger partial charge on any atom is 0.306 e. The number of unbranched alkanes of at least 4 members (excludes halogenated alkanes) is 32. The number of carbonyl (C=O) groups excluding carboxylic acids is 3. The Bertz CT molecular complexity index is 1030. The highest BCUT2D eigenvalue weighted by atomic mass is 16.6. The van der Waals surface area contributed by atoms with Gasteiger partial charge in [-0.15, -0.1) is 0 Å². The van der Waals surface area contributed by atoms with Gasteiger partial charge in [0.05, 0.1) is 0 Å². The van der Waals surface area contributed by atoms with Crippen LogP contribution in [0.3, 0.4) is 0 Å². The lowest BCUT2D eigenvalue weighted by Crippen LogP contribution is -2.30. The lowest BCUT2D eigenvalue weighted by molar-refractivity contribution is -0.167. The molecule has 0 aromatic carbocycles. The lowest BCUT2D eigenvalue weighted by atomic mass is 10.0. The van der Waals surface area contributed by atoms with E-state index in [0.29, 0.717) is 19.3 Å². The predicted octanol–water partition coefficient (Wildman–Crippen LogP) is 17.3. The van der Waals surface area contributed by atoms with Crippen LogP contribution in [0.25, 0.3) is 0 Å². The molecule has 0 saturated carbocycles. The minimum Gasteiger partial charge on any atom is -0.462 e. The van der Waals surface area contributed by atoms with Crippen molar-refractivity contribution < 1.29 is 28.6 Å². The van der Waals surface area contributed by atoms with Crippen molar-refractivity contribution in [3.8, 4) is 0 Å². The summed E-state index contributed by atoms with van der Waals surface area (Å²) in [7, 11) is 0. The molecule has 0 aromatic rings. The minimum absolute atomic E-state index is 0.0821. The van der Waals surface area contributed by atoms with Gasteiger partial charge in [-0.1, -0.05) is 231 Å². The van der Waals surface area contributed by atoms with Crippen LogP contribution >= 0.6 is 0 Å².